The van der Waals surface area contributed by atoms with E-state index in [4.69, 9.17) is 4.74 Å². The lowest BCUT2D eigenvalue weighted by Gasteiger charge is -2.17. The Morgan fingerprint density at radius 2 is 2.29 bits per heavy atom. The molecular formula is C14H17NO2. The largest absolute Gasteiger partial charge is 0.493 e. The van der Waals surface area contributed by atoms with Crippen molar-refractivity contribution in [2.45, 2.75) is 38.1 Å². The summed E-state index contributed by atoms with van der Waals surface area (Å²) in [6.45, 7) is 0.814. The molecule has 0 spiro atoms. The van der Waals surface area contributed by atoms with Crippen LogP contribution in [-0.2, 0) is 17.6 Å². The topological polar surface area (TPSA) is 38.3 Å². The summed E-state index contributed by atoms with van der Waals surface area (Å²) in [5, 5.41) is 3.01. The average molecular weight is 231 g/mol. The zero-order valence-corrected chi connectivity index (χ0v) is 9.87. The van der Waals surface area contributed by atoms with Crippen molar-refractivity contribution in [3.8, 4) is 5.75 Å². The van der Waals surface area contributed by atoms with Gasteiger partial charge in [-0.15, -0.1) is 0 Å². The van der Waals surface area contributed by atoms with Crippen molar-refractivity contribution in [3.63, 3.8) is 0 Å². The molecule has 0 atom stereocenters. The van der Waals surface area contributed by atoms with E-state index >= 15 is 0 Å². The molecule has 90 valence electrons. The van der Waals surface area contributed by atoms with E-state index in [0.717, 1.165) is 43.6 Å². The molecule has 1 aliphatic heterocycles. The minimum absolute atomic E-state index is 0.143. The lowest BCUT2D eigenvalue weighted by atomic mass is 10.0. The van der Waals surface area contributed by atoms with Crippen molar-refractivity contribution in [1.82, 2.24) is 5.32 Å². The van der Waals surface area contributed by atoms with Gasteiger partial charge >= 0.3 is 0 Å². The van der Waals surface area contributed by atoms with E-state index in [1.54, 1.807) is 0 Å². The van der Waals surface area contributed by atoms with Crippen LogP contribution in [-0.4, -0.2) is 18.6 Å². The number of carbonyl (C=O) groups is 1. The normalized spacial score (nSPS) is 18.1. The maximum atomic E-state index is 11.7. The summed E-state index contributed by atoms with van der Waals surface area (Å²) in [7, 11) is 0. The van der Waals surface area contributed by atoms with Gasteiger partial charge in [-0.3, -0.25) is 4.79 Å². The van der Waals surface area contributed by atoms with E-state index in [-0.39, 0.29) is 5.91 Å². The van der Waals surface area contributed by atoms with Crippen LogP contribution in [0.25, 0.3) is 0 Å². The van der Waals surface area contributed by atoms with Crippen molar-refractivity contribution in [3.05, 3.63) is 29.3 Å². The fourth-order valence-electron chi connectivity index (χ4n) is 2.22. The molecule has 1 aliphatic carbocycles. The molecule has 17 heavy (non-hydrogen) atoms. The molecule has 2 aliphatic rings. The Kier molecular flexibility index (Phi) is 2.75. The Bertz CT molecular complexity index is 438. The summed E-state index contributed by atoms with van der Waals surface area (Å²) in [6, 6.07) is 6.55. The summed E-state index contributed by atoms with van der Waals surface area (Å²) in [6.07, 6.45) is 4.91. The summed E-state index contributed by atoms with van der Waals surface area (Å²) in [5.41, 5.74) is 2.33. The second-order valence-electron chi connectivity index (χ2n) is 4.91. The molecule has 3 heteroatoms. The van der Waals surface area contributed by atoms with Crippen molar-refractivity contribution in [2.24, 2.45) is 0 Å². The van der Waals surface area contributed by atoms with Gasteiger partial charge in [-0.05, 0) is 42.9 Å². The van der Waals surface area contributed by atoms with Crippen LogP contribution in [0.1, 0.15) is 30.4 Å². The van der Waals surface area contributed by atoms with Crippen LogP contribution < -0.4 is 10.1 Å². The van der Waals surface area contributed by atoms with Crippen LogP contribution in [0.4, 0.5) is 0 Å². The minimum atomic E-state index is 0.143. The molecule has 1 aromatic rings. The first kappa shape index (κ1) is 10.6. The highest BCUT2D eigenvalue weighted by Gasteiger charge is 2.23. The average Bonchev–Trinajstić information content (AvgIpc) is 3.12. The molecule has 3 nitrogen and oxygen atoms in total. The van der Waals surface area contributed by atoms with Gasteiger partial charge in [0.05, 0.1) is 13.0 Å². The first-order chi connectivity index (χ1) is 8.31. The maximum Gasteiger partial charge on any atom is 0.224 e. The quantitative estimate of drug-likeness (QED) is 0.862. The van der Waals surface area contributed by atoms with E-state index in [1.165, 1.54) is 5.56 Å². The zero-order valence-electron chi connectivity index (χ0n) is 9.87. The molecule has 1 saturated carbocycles. The second-order valence-corrected chi connectivity index (χ2v) is 4.91. The van der Waals surface area contributed by atoms with E-state index < -0.39 is 0 Å². The number of hydrogen-bond donors (Lipinski definition) is 1. The van der Waals surface area contributed by atoms with Gasteiger partial charge in [0.25, 0.3) is 0 Å². The molecule has 1 aromatic carbocycles. The fraction of sp³-hybridized carbons (Fsp3) is 0.500. The van der Waals surface area contributed by atoms with Crippen LogP contribution in [0.15, 0.2) is 18.2 Å². The SMILES string of the molecule is O=C(Cc1ccc2c(c1)CCCO2)NC1CC1. The maximum absolute atomic E-state index is 11.7. The predicted molar refractivity (Wildman–Crippen MR) is 65.1 cm³/mol. The summed E-state index contributed by atoms with van der Waals surface area (Å²) < 4.78 is 5.56. The molecule has 1 heterocycles. The summed E-state index contributed by atoms with van der Waals surface area (Å²) >= 11 is 0. The van der Waals surface area contributed by atoms with Gasteiger partial charge in [0.15, 0.2) is 0 Å². The number of fused-ring (bicyclic) bond motifs is 1. The zero-order chi connectivity index (χ0) is 11.7. The van der Waals surface area contributed by atoms with Crippen LogP contribution in [0.2, 0.25) is 0 Å². The molecule has 0 radical (unpaired) electrons. The number of benzene rings is 1. The van der Waals surface area contributed by atoms with Gasteiger partial charge in [-0.1, -0.05) is 12.1 Å². The van der Waals surface area contributed by atoms with Crippen LogP contribution in [0.5, 0.6) is 5.75 Å². The van der Waals surface area contributed by atoms with Crippen molar-refractivity contribution in [2.75, 3.05) is 6.61 Å². The molecular weight excluding hydrogens is 214 g/mol. The summed E-state index contributed by atoms with van der Waals surface area (Å²) in [5.74, 6) is 1.13. The summed E-state index contributed by atoms with van der Waals surface area (Å²) in [4.78, 5) is 11.7. The molecule has 0 aromatic heterocycles. The molecule has 0 saturated heterocycles. The molecule has 1 fully saturated rings. The number of ether oxygens (including phenoxy) is 1. The molecule has 1 amide bonds. The number of rotatable bonds is 3. The Morgan fingerprint density at radius 3 is 3.12 bits per heavy atom. The Hall–Kier alpha value is -1.51. The lowest BCUT2D eigenvalue weighted by Crippen LogP contribution is -2.27. The number of aryl methyl sites for hydroxylation is 1. The van der Waals surface area contributed by atoms with Crippen molar-refractivity contribution >= 4 is 5.91 Å². The van der Waals surface area contributed by atoms with Crippen LogP contribution in [0.3, 0.4) is 0 Å². The first-order valence-corrected chi connectivity index (χ1v) is 6.35. The van der Waals surface area contributed by atoms with Gasteiger partial charge in [0, 0.05) is 6.04 Å². The van der Waals surface area contributed by atoms with E-state index in [9.17, 15) is 4.79 Å². The standard InChI is InChI=1S/C14H17NO2/c16-14(15-12-4-5-12)9-10-3-6-13-11(8-10)2-1-7-17-13/h3,6,8,12H,1-2,4-5,7,9H2,(H,15,16). The monoisotopic (exact) mass is 231 g/mol. The second kappa shape index (κ2) is 4.40. The van der Waals surface area contributed by atoms with Crippen LogP contribution >= 0.6 is 0 Å². The number of carbonyl (C=O) groups excluding carboxylic acids is 1. The van der Waals surface area contributed by atoms with Crippen LogP contribution in [0, 0.1) is 0 Å². The smallest absolute Gasteiger partial charge is 0.224 e. The van der Waals surface area contributed by atoms with Gasteiger partial charge in [-0.2, -0.15) is 0 Å². The van der Waals surface area contributed by atoms with Gasteiger partial charge in [-0.25, -0.2) is 0 Å². The first-order valence-electron chi connectivity index (χ1n) is 6.35. The highest BCUT2D eigenvalue weighted by Crippen LogP contribution is 2.26. The third kappa shape index (κ3) is 2.60. The van der Waals surface area contributed by atoms with E-state index in [2.05, 4.69) is 11.4 Å². The minimum Gasteiger partial charge on any atom is -0.493 e. The number of amides is 1. The third-order valence-corrected chi connectivity index (χ3v) is 3.28. The predicted octanol–water partition coefficient (Wildman–Crippen LogP) is 1.83. The lowest BCUT2D eigenvalue weighted by molar-refractivity contribution is -0.120. The van der Waals surface area contributed by atoms with Crippen molar-refractivity contribution in [1.29, 1.82) is 0 Å². The van der Waals surface area contributed by atoms with Gasteiger partial charge in [0.1, 0.15) is 5.75 Å². The highest BCUT2D eigenvalue weighted by molar-refractivity contribution is 5.79. The Balaban J connectivity index is 1.67. The van der Waals surface area contributed by atoms with Gasteiger partial charge < -0.3 is 10.1 Å². The molecule has 1 N–H and O–H groups in total. The highest BCUT2D eigenvalue weighted by atomic mass is 16.5. The Labute approximate surface area is 101 Å². The van der Waals surface area contributed by atoms with E-state index in [1.807, 2.05) is 12.1 Å². The Morgan fingerprint density at radius 1 is 1.41 bits per heavy atom. The molecule has 3 rings (SSSR count). The van der Waals surface area contributed by atoms with Gasteiger partial charge in [0.2, 0.25) is 5.91 Å². The number of hydrogen-bond acceptors (Lipinski definition) is 2. The fourth-order valence-corrected chi connectivity index (χ4v) is 2.22. The van der Waals surface area contributed by atoms with E-state index in [0.29, 0.717) is 12.5 Å². The molecule has 0 bridgehead atoms. The van der Waals surface area contributed by atoms with Crippen molar-refractivity contribution < 1.29 is 9.53 Å². The third-order valence-electron chi connectivity index (χ3n) is 3.28. The number of nitrogens with one attached hydrogen (secondary N) is 1. The molecule has 0 unspecified atom stereocenters.